The summed E-state index contributed by atoms with van der Waals surface area (Å²) in [7, 11) is 0. The first-order chi connectivity index (χ1) is 11.9. The zero-order chi connectivity index (χ0) is 18.0. The topological polar surface area (TPSA) is 82.4 Å². The Hall–Kier alpha value is -2.53. The fourth-order valence-corrected chi connectivity index (χ4v) is 3.03. The van der Waals surface area contributed by atoms with E-state index in [1.807, 2.05) is 6.07 Å². The minimum Gasteiger partial charge on any atom is -0.457 e. The van der Waals surface area contributed by atoms with E-state index in [1.165, 1.54) is 24.3 Å². The number of nitriles is 1. The van der Waals surface area contributed by atoms with Crippen molar-refractivity contribution in [3.63, 3.8) is 0 Å². The van der Waals surface area contributed by atoms with Crippen LogP contribution < -0.4 is 5.32 Å². The minimum atomic E-state index is -2.82. The van der Waals surface area contributed by atoms with Crippen LogP contribution in [0, 0.1) is 11.3 Å². The molecule has 6 nitrogen and oxygen atoms in total. The first-order valence-electron chi connectivity index (χ1n) is 7.99. The number of ether oxygens (including phenoxy) is 1. The van der Waals surface area contributed by atoms with Crippen molar-refractivity contribution in [1.82, 2.24) is 10.2 Å². The van der Waals surface area contributed by atoms with E-state index in [0.29, 0.717) is 17.7 Å². The third-order valence-electron chi connectivity index (χ3n) is 4.39. The van der Waals surface area contributed by atoms with Crippen molar-refractivity contribution < 1.29 is 23.1 Å². The van der Waals surface area contributed by atoms with Crippen molar-refractivity contribution in [2.24, 2.45) is 0 Å². The quantitative estimate of drug-likeness (QED) is 0.832. The van der Waals surface area contributed by atoms with Crippen molar-refractivity contribution in [2.75, 3.05) is 19.6 Å². The number of carbonyl (C=O) groups is 2. The molecule has 1 aromatic carbocycles. The van der Waals surface area contributed by atoms with Crippen molar-refractivity contribution in [3.05, 3.63) is 35.4 Å². The molecule has 3 rings (SSSR count). The zero-order valence-corrected chi connectivity index (χ0v) is 13.4. The van der Waals surface area contributed by atoms with E-state index in [0.717, 1.165) is 4.90 Å². The van der Waals surface area contributed by atoms with Crippen molar-refractivity contribution >= 4 is 11.9 Å². The van der Waals surface area contributed by atoms with Gasteiger partial charge in [-0.25, -0.2) is 13.6 Å². The van der Waals surface area contributed by atoms with Crippen LogP contribution in [0.2, 0.25) is 0 Å². The van der Waals surface area contributed by atoms with Gasteiger partial charge < -0.3 is 15.0 Å². The maximum atomic E-state index is 13.2. The summed E-state index contributed by atoms with van der Waals surface area (Å²) >= 11 is 0. The van der Waals surface area contributed by atoms with Crippen LogP contribution in [0.25, 0.3) is 0 Å². The molecule has 2 fully saturated rings. The molecule has 0 spiro atoms. The number of nitrogens with one attached hydrogen (secondary N) is 1. The van der Waals surface area contributed by atoms with Crippen molar-refractivity contribution in [2.45, 2.75) is 30.9 Å². The molecule has 1 amide bonds. The fraction of sp³-hybridized carbons (Fsp3) is 0.471. The highest BCUT2D eigenvalue weighted by molar-refractivity contribution is 5.89. The Balaban J connectivity index is 1.53. The molecule has 8 heteroatoms. The molecule has 0 aliphatic carbocycles. The molecule has 2 aliphatic rings. The van der Waals surface area contributed by atoms with Crippen LogP contribution in [0.1, 0.15) is 28.8 Å². The van der Waals surface area contributed by atoms with Crippen LogP contribution in [0.5, 0.6) is 0 Å². The van der Waals surface area contributed by atoms with Gasteiger partial charge in [0.15, 0.2) is 0 Å². The first kappa shape index (κ1) is 17.3. The van der Waals surface area contributed by atoms with E-state index in [2.05, 4.69) is 5.32 Å². The van der Waals surface area contributed by atoms with Gasteiger partial charge in [-0.3, -0.25) is 4.79 Å². The fourth-order valence-electron chi connectivity index (χ4n) is 3.03. The second-order valence-electron chi connectivity index (χ2n) is 6.28. The molecule has 132 valence electrons. The SMILES string of the molecule is N#Cc1ccc(C(=O)O[C@@H]2CN[C@H](C(=O)N3CCC(F)(F)C3)C2)cc1. The summed E-state index contributed by atoms with van der Waals surface area (Å²) in [6.45, 7) is -0.220. The van der Waals surface area contributed by atoms with Gasteiger partial charge in [-0.2, -0.15) is 5.26 Å². The lowest BCUT2D eigenvalue weighted by Crippen LogP contribution is -2.43. The Morgan fingerprint density at radius 3 is 2.64 bits per heavy atom. The summed E-state index contributed by atoms with van der Waals surface area (Å²) in [5.74, 6) is -3.75. The summed E-state index contributed by atoms with van der Waals surface area (Å²) < 4.78 is 31.8. The van der Waals surface area contributed by atoms with Crippen LogP contribution >= 0.6 is 0 Å². The molecular formula is C17H17F2N3O3. The lowest BCUT2D eigenvalue weighted by atomic mass is 10.1. The molecule has 0 bridgehead atoms. The number of alkyl halides is 2. The van der Waals surface area contributed by atoms with Crippen LogP contribution in [0.4, 0.5) is 8.78 Å². The molecule has 0 unspecified atom stereocenters. The van der Waals surface area contributed by atoms with Gasteiger partial charge in [0.25, 0.3) is 5.92 Å². The Morgan fingerprint density at radius 1 is 1.32 bits per heavy atom. The number of hydrogen-bond donors (Lipinski definition) is 1. The third kappa shape index (κ3) is 3.94. The molecule has 0 aromatic heterocycles. The Labute approximate surface area is 143 Å². The predicted octanol–water partition coefficient (Wildman–Crippen LogP) is 1.31. The minimum absolute atomic E-state index is 0.0414. The highest BCUT2D eigenvalue weighted by Crippen LogP contribution is 2.28. The molecule has 2 saturated heterocycles. The van der Waals surface area contributed by atoms with Gasteiger partial charge in [-0.1, -0.05) is 0 Å². The highest BCUT2D eigenvalue weighted by Gasteiger charge is 2.43. The summed E-state index contributed by atoms with van der Waals surface area (Å²) in [5.41, 5.74) is 0.750. The second kappa shape index (κ2) is 6.76. The van der Waals surface area contributed by atoms with E-state index in [1.54, 1.807) is 0 Å². The number of esters is 1. The number of nitrogens with zero attached hydrogens (tertiary/aromatic N) is 2. The van der Waals surface area contributed by atoms with Gasteiger partial charge in [-0.05, 0) is 24.3 Å². The monoisotopic (exact) mass is 349 g/mol. The summed E-state index contributed by atoms with van der Waals surface area (Å²) in [6, 6.07) is 7.37. The maximum Gasteiger partial charge on any atom is 0.338 e. The number of benzene rings is 1. The smallest absolute Gasteiger partial charge is 0.338 e. The number of amides is 1. The molecule has 0 radical (unpaired) electrons. The van der Waals surface area contributed by atoms with Gasteiger partial charge in [0, 0.05) is 25.9 Å². The summed E-state index contributed by atoms with van der Waals surface area (Å²) in [6.07, 6.45) is -0.564. The van der Waals surface area contributed by atoms with Gasteiger partial charge in [0.05, 0.1) is 29.8 Å². The van der Waals surface area contributed by atoms with E-state index >= 15 is 0 Å². The molecular weight excluding hydrogens is 332 g/mol. The zero-order valence-electron chi connectivity index (χ0n) is 13.4. The molecule has 2 atom stereocenters. The normalized spacial score (nSPS) is 24.8. The Kier molecular flexibility index (Phi) is 4.68. The lowest BCUT2D eigenvalue weighted by Gasteiger charge is -2.20. The molecule has 2 heterocycles. The van der Waals surface area contributed by atoms with E-state index in [4.69, 9.17) is 10.00 Å². The summed E-state index contributed by atoms with van der Waals surface area (Å²) in [5, 5.41) is 11.7. The third-order valence-corrected chi connectivity index (χ3v) is 4.39. The van der Waals surface area contributed by atoms with Crippen LogP contribution in [0.3, 0.4) is 0 Å². The number of carbonyl (C=O) groups excluding carboxylic acids is 2. The molecule has 1 N–H and O–H groups in total. The van der Waals surface area contributed by atoms with Crippen LogP contribution in [-0.4, -0.2) is 54.5 Å². The van der Waals surface area contributed by atoms with Crippen molar-refractivity contribution in [3.8, 4) is 6.07 Å². The van der Waals surface area contributed by atoms with E-state index in [9.17, 15) is 18.4 Å². The molecule has 0 saturated carbocycles. The molecule has 2 aliphatic heterocycles. The highest BCUT2D eigenvalue weighted by atomic mass is 19.3. The summed E-state index contributed by atoms with van der Waals surface area (Å²) in [4.78, 5) is 25.5. The lowest BCUT2D eigenvalue weighted by molar-refractivity contribution is -0.133. The Morgan fingerprint density at radius 2 is 2.04 bits per heavy atom. The second-order valence-corrected chi connectivity index (χ2v) is 6.28. The van der Waals surface area contributed by atoms with E-state index < -0.39 is 30.6 Å². The number of hydrogen-bond acceptors (Lipinski definition) is 5. The van der Waals surface area contributed by atoms with Crippen molar-refractivity contribution in [1.29, 1.82) is 5.26 Å². The molecule has 25 heavy (non-hydrogen) atoms. The first-order valence-corrected chi connectivity index (χ1v) is 7.99. The maximum absolute atomic E-state index is 13.2. The predicted molar refractivity (Wildman–Crippen MR) is 82.9 cm³/mol. The van der Waals surface area contributed by atoms with Crippen LogP contribution in [-0.2, 0) is 9.53 Å². The van der Waals surface area contributed by atoms with Crippen LogP contribution in [0.15, 0.2) is 24.3 Å². The van der Waals surface area contributed by atoms with Gasteiger partial charge in [0.1, 0.15) is 6.10 Å². The molecule has 1 aromatic rings. The standard InChI is InChI=1S/C17H17F2N3O3/c18-17(19)5-6-22(10-17)15(23)14-7-13(9-21-14)25-16(24)12-3-1-11(8-20)2-4-12/h1-4,13-14,21H,5-7,9-10H2/t13-,14-/m0/s1. The van der Waals surface area contributed by atoms with E-state index in [-0.39, 0.29) is 25.3 Å². The number of rotatable bonds is 3. The number of halogens is 2. The Bertz CT molecular complexity index is 715. The largest absolute Gasteiger partial charge is 0.457 e. The van der Waals surface area contributed by atoms with Gasteiger partial charge in [-0.15, -0.1) is 0 Å². The van der Waals surface area contributed by atoms with Gasteiger partial charge in [0.2, 0.25) is 5.91 Å². The van der Waals surface area contributed by atoms with Gasteiger partial charge >= 0.3 is 5.97 Å². The average Bonchev–Trinajstić information content (AvgIpc) is 3.20. The number of likely N-dealkylation sites (tertiary alicyclic amines) is 1. The average molecular weight is 349 g/mol.